The topological polar surface area (TPSA) is 21.6 Å². The molecule has 0 bridgehead atoms. The van der Waals surface area contributed by atoms with Crippen molar-refractivity contribution < 1.29 is 4.74 Å². The van der Waals surface area contributed by atoms with Crippen molar-refractivity contribution in [2.75, 3.05) is 7.11 Å². The van der Waals surface area contributed by atoms with Crippen LogP contribution in [0.15, 0.2) is 29.3 Å². The summed E-state index contributed by atoms with van der Waals surface area (Å²) in [5.74, 6) is 0.837. The highest BCUT2D eigenvalue weighted by Crippen LogP contribution is 2.20. The van der Waals surface area contributed by atoms with E-state index in [1.807, 2.05) is 31.2 Å². The molecular formula is C10H11NOS. The van der Waals surface area contributed by atoms with E-state index < -0.39 is 0 Å². The molecule has 0 spiro atoms. The molecule has 68 valence electrons. The Kier molecular flexibility index (Phi) is 3.62. The summed E-state index contributed by atoms with van der Waals surface area (Å²) in [6, 6.07) is 7.82. The second-order valence-corrected chi connectivity index (χ2v) is 2.86. The molecule has 1 aromatic carbocycles. The minimum absolute atomic E-state index is 0.0487. The number of hydrogen-bond donors (Lipinski definition) is 0. The standard InChI is InChI=1S/C10H11NOS/c1-8(11-7-13)9-4-3-5-10(6-9)12-2/h3-6,8H,1-2H3. The minimum atomic E-state index is 0.0487. The van der Waals surface area contributed by atoms with Crippen LogP contribution in [-0.4, -0.2) is 12.3 Å². The van der Waals surface area contributed by atoms with Crippen LogP contribution >= 0.6 is 12.2 Å². The first-order chi connectivity index (χ1) is 6.27. The zero-order valence-corrected chi connectivity index (χ0v) is 8.47. The minimum Gasteiger partial charge on any atom is -0.497 e. The summed E-state index contributed by atoms with van der Waals surface area (Å²) in [5.41, 5.74) is 1.08. The Morgan fingerprint density at radius 1 is 1.54 bits per heavy atom. The molecule has 0 N–H and O–H groups in total. The van der Waals surface area contributed by atoms with Crippen molar-refractivity contribution in [1.82, 2.24) is 0 Å². The number of thiocarbonyl (C=S) groups is 1. The fourth-order valence-corrected chi connectivity index (χ4v) is 1.21. The first-order valence-corrected chi connectivity index (χ1v) is 4.39. The zero-order valence-electron chi connectivity index (χ0n) is 7.65. The van der Waals surface area contributed by atoms with Crippen LogP contribution in [0.4, 0.5) is 0 Å². The maximum Gasteiger partial charge on any atom is 0.119 e. The fraction of sp³-hybridized carbons (Fsp3) is 0.300. The van der Waals surface area contributed by atoms with Gasteiger partial charge in [0.25, 0.3) is 0 Å². The van der Waals surface area contributed by atoms with Crippen molar-refractivity contribution in [3.8, 4) is 5.75 Å². The molecule has 0 aliphatic carbocycles. The van der Waals surface area contributed by atoms with Gasteiger partial charge in [0.2, 0.25) is 0 Å². The van der Waals surface area contributed by atoms with Crippen LogP contribution in [0, 0.1) is 0 Å². The highest BCUT2D eigenvalue weighted by molar-refractivity contribution is 7.78. The van der Waals surface area contributed by atoms with E-state index >= 15 is 0 Å². The third-order valence-electron chi connectivity index (χ3n) is 1.82. The summed E-state index contributed by atoms with van der Waals surface area (Å²) >= 11 is 4.54. The number of methoxy groups -OCH3 is 1. The summed E-state index contributed by atoms with van der Waals surface area (Å²) in [4.78, 5) is 3.98. The maximum absolute atomic E-state index is 5.10. The highest BCUT2D eigenvalue weighted by Gasteiger charge is 2.02. The van der Waals surface area contributed by atoms with Gasteiger partial charge in [-0.05, 0) is 36.8 Å². The van der Waals surface area contributed by atoms with Crippen molar-refractivity contribution in [2.45, 2.75) is 13.0 Å². The predicted molar refractivity (Wildman–Crippen MR) is 56.4 cm³/mol. The second kappa shape index (κ2) is 4.75. The molecule has 0 amide bonds. The van der Waals surface area contributed by atoms with Crippen molar-refractivity contribution >= 4 is 17.4 Å². The normalized spacial score (nSPS) is 11.5. The summed E-state index contributed by atoms with van der Waals surface area (Å²) in [5, 5.41) is 2.37. The largest absolute Gasteiger partial charge is 0.497 e. The van der Waals surface area contributed by atoms with Gasteiger partial charge in [0.15, 0.2) is 0 Å². The molecule has 1 rings (SSSR count). The van der Waals surface area contributed by atoms with E-state index in [1.54, 1.807) is 7.11 Å². The van der Waals surface area contributed by atoms with Gasteiger partial charge in [-0.25, -0.2) is 4.99 Å². The molecule has 0 aromatic heterocycles. The molecule has 2 nitrogen and oxygen atoms in total. The Morgan fingerprint density at radius 3 is 2.92 bits per heavy atom. The molecule has 13 heavy (non-hydrogen) atoms. The van der Waals surface area contributed by atoms with Crippen molar-refractivity contribution in [3.05, 3.63) is 29.8 Å². The lowest BCUT2D eigenvalue weighted by atomic mass is 10.1. The van der Waals surface area contributed by atoms with E-state index in [0.717, 1.165) is 11.3 Å². The average molecular weight is 193 g/mol. The molecule has 0 heterocycles. The van der Waals surface area contributed by atoms with E-state index in [2.05, 4.69) is 22.4 Å². The molecule has 0 saturated heterocycles. The van der Waals surface area contributed by atoms with Crippen molar-refractivity contribution in [2.24, 2.45) is 4.99 Å². The highest BCUT2D eigenvalue weighted by atomic mass is 32.1. The third kappa shape index (κ3) is 2.65. The number of hydrogen-bond acceptors (Lipinski definition) is 3. The molecule has 0 saturated carbocycles. The lowest BCUT2D eigenvalue weighted by molar-refractivity contribution is 0.414. The molecule has 1 unspecified atom stereocenters. The fourth-order valence-electron chi connectivity index (χ4n) is 1.05. The van der Waals surface area contributed by atoms with Crippen LogP contribution in [0.3, 0.4) is 0 Å². The van der Waals surface area contributed by atoms with E-state index in [-0.39, 0.29) is 6.04 Å². The number of ether oxygens (including phenoxy) is 1. The summed E-state index contributed by atoms with van der Waals surface area (Å²) < 4.78 is 5.10. The number of aliphatic imine (C=N–C) groups is 1. The smallest absolute Gasteiger partial charge is 0.119 e. The second-order valence-electron chi connectivity index (χ2n) is 2.67. The van der Waals surface area contributed by atoms with Gasteiger partial charge in [0, 0.05) is 0 Å². The summed E-state index contributed by atoms with van der Waals surface area (Å²) in [7, 11) is 1.65. The van der Waals surface area contributed by atoms with Crippen LogP contribution in [0.5, 0.6) is 5.75 Å². The van der Waals surface area contributed by atoms with Crippen LogP contribution in [0.2, 0.25) is 0 Å². The Balaban J connectivity index is 2.94. The van der Waals surface area contributed by atoms with Crippen LogP contribution in [0.25, 0.3) is 0 Å². The molecule has 0 aliphatic rings. The maximum atomic E-state index is 5.10. The van der Waals surface area contributed by atoms with Gasteiger partial charge in [0.05, 0.1) is 18.3 Å². The average Bonchev–Trinajstić information content (AvgIpc) is 2.18. The molecule has 3 heteroatoms. The molecule has 1 atom stereocenters. The Hall–Kier alpha value is -1.18. The SMILES string of the molecule is COc1cccc(C(C)N=C=S)c1. The van der Waals surface area contributed by atoms with Crippen molar-refractivity contribution in [1.29, 1.82) is 0 Å². The molecule has 0 radical (unpaired) electrons. The van der Waals surface area contributed by atoms with Gasteiger partial charge < -0.3 is 4.74 Å². The monoisotopic (exact) mass is 193 g/mol. The number of nitrogens with zero attached hydrogens (tertiary/aromatic N) is 1. The van der Waals surface area contributed by atoms with E-state index in [1.165, 1.54) is 0 Å². The molecule has 0 aliphatic heterocycles. The van der Waals surface area contributed by atoms with Crippen LogP contribution < -0.4 is 4.74 Å². The lowest BCUT2D eigenvalue weighted by Crippen LogP contribution is -1.90. The molecule has 1 aromatic rings. The number of rotatable bonds is 3. The Bertz CT molecular complexity index is 331. The summed E-state index contributed by atoms with van der Waals surface area (Å²) in [6.45, 7) is 1.97. The van der Waals surface area contributed by atoms with Crippen LogP contribution in [0.1, 0.15) is 18.5 Å². The zero-order chi connectivity index (χ0) is 9.68. The van der Waals surface area contributed by atoms with Crippen LogP contribution in [-0.2, 0) is 0 Å². The quantitative estimate of drug-likeness (QED) is 0.544. The Morgan fingerprint density at radius 2 is 2.31 bits per heavy atom. The van der Waals surface area contributed by atoms with Gasteiger partial charge in [-0.15, -0.1) is 0 Å². The van der Waals surface area contributed by atoms with Gasteiger partial charge in [-0.3, -0.25) is 0 Å². The van der Waals surface area contributed by atoms with E-state index in [9.17, 15) is 0 Å². The summed E-state index contributed by atoms with van der Waals surface area (Å²) in [6.07, 6.45) is 0. The predicted octanol–water partition coefficient (Wildman–Crippen LogP) is 2.86. The van der Waals surface area contributed by atoms with E-state index in [0.29, 0.717) is 0 Å². The van der Waals surface area contributed by atoms with Gasteiger partial charge in [0.1, 0.15) is 5.75 Å². The lowest BCUT2D eigenvalue weighted by Gasteiger charge is -2.06. The number of benzene rings is 1. The van der Waals surface area contributed by atoms with Gasteiger partial charge in [-0.1, -0.05) is 12.1 Å². The van der Waals surface area contributed by atoms with Crippen molar-refractivity contribution in [3.63, 3.8) is 0 Å². The first kappa shape index (κ1) is 9.90. The third-order valence-corrected chi connectivity index (χ3v) is 1.93. The van der Waals surface area contributed by atoms with Gasteiger partial charge >= 0.3 is 0 Å². The molecule has 0 fully saturated rings. The molecular weight excluding hydrogens is 182 g/mol. The number of isothiocyanates is 1. The first-order valence-electron chi connectivity index (χ1n) is 3.99. The Labute approximate surface area is 83.3 Å². The van der Waals surface area contributed by atoms with E-state index in [4.69, 9.17) is 4.74 Å². The van der Waals surface area contributed by atoms with Gasteiger partial charge in [-0.2, -0.15) is 0 Å².